The maximum absolute atomic E-state index is 13.4. The summed E-state index contributed by atoms with van der Waals surface area (Å²) in [6.45, 7) is 0. The van der Waals surface area contributed by atoms with E-state index in [1.54, 1.807) is 78.9 Å². The summed E-state index contributed by atoms with van der Waals surface area (Å²) in [5.74, 6) is -1.63. The van der Waals surface area contributed by atoms with Gasteiger partial charge >= 0.3 is 5.97 Å². The fourth-order valence-corrected chi connectivity index (χ4v) is 4.33. The summed E-state index contributed by atoms with van der Waals surface area (Å²) in [4.78, 5) is 49.0. The van der Waals surface area contributed by atoms with E-state index in [0.29, 0.717) is 22.4 Å². The van der Waals surface area contributed by atoms with Crippen molar-refractivity contribution in [2.75, 3.05) is 5.32 Å². The van der Waals surface area contributed by atoms with Crippen LogP contribution < -0.4 is 5.32 Å². The lowest BCUT2D eigenvalue weighted by atomic mass is 9.99. The van der Waals surface area contributed by atoms with Crippen molar-refractivity contribution in [1.29, 1.82) is 0 Å². The summed E-state index contributed by atoms with van der Waals surface area (Å²) in [6.07, 6.45) is -1.34. The van der Waals surface area contributed by atoms with E-state index in [1.165, 1.54) is 30.3 Å². The number of halogens is 1. The fraction of sp³-hybridized carbons (Fsp3) is 0.0690. The maximum Gasteiger partial charge on any atom is 0.338 e. The topological polar surface area (TPSA) is 116 Å². The zero-order chi connectivity index (χ0) is 27.1. The van der Waals surface area contributed by atoms with Crippen LogP contribution in [0.3, 0.4) is 0 Å². The molecule has 0 radical (unpaired) electrons. The lowest BCUT2D eigenvalue weighted by Crippen LogP contribution is -2.31. The molecule has 4 aromatic rings. The number of hydrogen-bond acceptors (Lipinski definition) is 6. The zero-order valence-electron chi connectivity index (χ0n) is 19.8. The molecule has 0 aliphatic carbocycles. The molecule has 0 heterocycles. The molecule has 0 aromatic heterocycles. The minimum Gasteiger partial charge on any atom is -0.449 e. The van der Waals surface area contributed by atoms with E-state index in [9.17, 15) is 24.5 Å². The predicted molar refractivity (Wildman–Crippen MR) is 146 cm³/mol. The van der Waals surface area contributed by atoms with Crippen LogP contribution in [0, 0.1) is 10.1 Å². The van der Waals surface area contributed by atoms with Crippen LogP contribution in [0.1, 0.15) is 41.5 Å². The second-order valence-electron chi connectivity index (χ2n) is 8.21. The summed E-state index contributed by atoms with van der Waals surface area (Å²) < 4.78 is 5.70. The molecule has 4 rings (SSSR count). The highest BCUT2D eigenvalue weighted by Crippen LogP contribution is 2.33. The quantitative estimate of drug-likeness (QED) is 0.0816. The molecule has 190 valence electrons. The predicted octanol–water partition coefficient (Wildman–Crippen LogP) is 6.39. The van der Waals surface area contributed by atoms with E-state index in [0.717, 1.165) is 0 Å². The third-order valence-electron chi connectivity index (χ3n) is 5.61. The number of nitro groups is 1. The average molecular weight is 573 g/mol. The second kappa shape index (κ2) is 12.1. The number of non-ortho nitro benzene ring substituents is 1. The largest absolute Gasteiger partial charge is 0.449 e. The van der Waals surface area contributed by atoms with Gasteiger partial charge in [0.05, 0.1) is 15.3 Å². The Bertz CT molecular complexity index is 1480. The van der Waals surface area contributed by atoms with Gasteiger partial charge in [0.15, 0.2) is 6.10 Å². The first-order chi connectivity index (χ1) is 18.3. The van der Waals surface area contributed by atoms with Gasteiger partial charge in [0, 0.05) is 28.9 Å². The van der Waals surface area contributed by atoms with Crippen molar-refractivity contribution in [3.05, 3.63) is 142 Å². The summed E-state index contributed by atoms with van der Waals surface area (Å²) in [6, 6.07) is 28.8. The number of carbonyl (C=O) groups excluding carboxylic acids is 3. The van der Waals surface area contributed by atoms with E-state index >= 15 is 0 Å². The highest BCUT2D eigenvalue weighted by atomic mass is 79.9. The molecule has 0 bridgehead atoms. The standard InChI is InChI=1S/C29H21BrN2O6/c30-25(21-13-8-16-24(18-21)32(36)37)27(26(33)19-9-3-1-4-10-19)38-29(35)22-14-7-15-23(17-22)31-28(34)20-11-5-2-6-12-20/h1-18,25,27H,(H,31,34)/t25-,27+/m0/s1. The summed E-state index contributed by atoms with van der Waals surface area (Å²) in [5.41, 5.74) is 1.47. The first kappa shape index (κ1) is 26.4. The number of rotatable bonds is 9. The molecule has 0 saturated carbocycles. The normalized spacial score (nSPS) is 12.1. The van der Waals surface area contributed by atoms with E-state index in [1.807, 2.05) is 0 Å². The third-order valence-corrected chi connectivity index (χ3v) is 6.62. The fourth-order valence-electron chi connectivity index (χ4n) is 3.70. The van der Waals surface area contributed by atoms with Gasteiger partial charge in [-0.15, -0.1) is 0 Å². The number of carbonyl (C=O) groups is 3. The van der Waals surface area contributed by atoms with E-state index in [-0.39, 0.29) is 17.2 Å². The molecule has 2 atom stereocenters. The SMILES string of the molecule is O=C(Nc1cccc(C(=O)O[C@@H](C(=O)c2ccccc2)[C@@H](Br)c2cccc([N+](=O)[O-])c2)c1)c1ccccc1. The molecule has 1 amide bonds. The Balaban J connectivity index is 1.60. The van der Waals surface area contributed by atoms with E-state index < -0.39 is 27.6 Å². The molecule has 0 aliphatic rings. The summed E-state index contributed by atoms with van der Waals surface area (Å²) >= 11 is 3.43. The highest BCUT2D eigenvalue weighted by Gasteiger charge is 2.33. The van der Waals surface area contributed by atoms with Crippen LogP contribution in [0.15, 0.2) is 109 Å². The van der Waals surface area contributed by atoms with Gasteiger partial charge in [-0.1, -0.05) is 82.7 Å². The number of nitrogens with one attached hydrogen (secondary N) is 1. The number of esters is 1. The lowest BCUT2D eigenvalue weighted by Gasteiger charge is -2.22. The Morgan fingerprint density at radius 2 is 1.37 bits per heavy atom. The Kier molecular flexibility index (Phi) is 8.40. The number of nitro benzene ring substituents is 1. The van der Waals surface area contributed by atoms with Crippen molar-refractivity contribution >= 4 is 45.0 Å². The van der Waals surface area contributed by atoms with Gasteiger partial charge in [-0.25, -0.2) is 4.79 Å². The molecule has 0 saturated heterocycles. The number of anilines is 1. The molecular weight excluding hydrogens is 552 g/mol. The molecule has 38 heavy (non-hydrogen) atoms. The van der Waals surface area contributed by atoms with Crippen LogP contribution in [-0.4, -0.2) is 28.7 Å². The van der Waals surface area contributed by atoms with Crippen LogP contribution in [-0.2, 0) is 4.74 Å². The van der Waals surface area contributed by atoms with Crippen LogP contribution in [0.25, 0.3) is 0 Å². The lowest BCUT2D eigenvalue weighted by molar-refractivity contribution is -0.384. The van der Waals surface area contributed by atoms with Crippen molar-refractivity contribution < 1.29 is 24.0 Å². The van der Waals surface area contributed by atoms with Crippen molar-refractivity contribution in [3.8, 4) is 0 Å². The second-order valence-corrected chi connectivity index (χ2v) is 9.20. The maximum atomic E-state index is 13.4. The highest BCUT2D eigenvalue weighted by molar-refractivity contribution is 9.09. The van der Waals surface area contributed by atoms with Gasteiger partial charge in [-0.3, -0.25) is 19.7 Å². The van der Waals surface area contributed by atoms with Crippen molar-refractivity contribution in [2.45, 2.75) is 10.9 Å². The number of hydrogen-bond donors (Lipinski definition) is 1. The average Bonchev–Trinajstić information content (AvgIpc) is 2.96. The van der Waals surface area contributed by atoms with Crippen LogP contribution >= 0.6 is 15.9 Å². The smallest absolute Gasteiger partial charge is 0.338 e. The molecule has 0 spiro atoms. The molecule has 0 aliphatic heterocycles. The van der Waals surface area contributed by atoms with Crippen LogP contribution in [0.2, 0.25) is 0 Å². The minimum absolute atomic E-state index is 0.112. The zero-order valence-corrected chi connectivity index (χ0v) is 21.4. The minimum atomic E-state index is -1.34. The number of Topliss-reactive ketones (excluding diaryl/α,β-unsaturated/α-hetero) is 1. The summed E-state index contributed by atoms with van der Waals surface area (Å²) in [5, 5.41) is 14.0. The Hall–Kier alpha value is -4.63. The third kappa shape index (κ3) is 6.37. The number of nitrogens with zero attached hydrogens (tertiary/aromatic N) is 1. The molecular formula is C29H21BrN2O6. The molecule has 0 unspecified atom stereocenters. The first-order valence-corrected chi connectivity index (χ1v) is 12.4. The molecule has 1 N–H and O–H groups in total. The Morgan fingerprint density at radius 1 is 0.763 bits per heavy atom. The van der Waals surface area contributed by atoms with Gasteiger partial charge in [0.1, 0.15) is 0 Å². The molecule has 9 heteroatoms. The van der Waals surface area contributed by atoms with Gasteiger partial charge in [0.2, 0.25) is 5.78 Å². The van der Waals surface area contributed by atoms with Crippen molar-refractivity contribution in [2.24, 2.45) is 0 Å². The van der Waals surface area contributed by atoms with E-state index in [2.05, 4.69) is 21.2 Å². The van der Waals surface area contributed by atoms with Crippen LogP contribution in [0.4, 0.5) is 11.4 Å². The Morgan fingerprint density at radius 3 is 2.03 bits per heavy atom. The number of benzene rings is 4. The number of ketones is 1. The van der Waals surface area contributed by atoms with Gasteiger partial charge in [-0.05, 0) is 35.9 Å². The van der Waals surface area contributed by atoms with E-state index in [4.69, 9.17) is 4.74 Å². The van der Waals surface area contributed by atoms with Crippen molar-refractivity contribution in [3.63, 3.8) is 0 Å². The van der Waals surface area contributed by atoms with Gasteiger partial charge < -0.3 is 10.1 Å². The number of amides is 1. The van der Waals surface area contributed by atoms with Gasteiger partial charge in [0.25, 0.3) is 11.6 Å². The summed E-state index contributed by atoms with van der Waals surface area (Å²) in [7, 11) is 0. The molecule has 0 fully saturated rings. The monoisotopic (exact) mass is 572 g/mol. The number of ether oxygens (including phenoxy) is 1. The van der Waals surface area contributed by atoms with Crippen molar-refractivity contribution in [1.82, 2.24) is 0 Å². The number of alkyl halides is 1. The molecule has 8 nitrogen and oxygen atoms in total. The first-order valence-electron chi connectivity index (χ1n) is 11.5. The van der Waals surface area contributed by atoms with Crippen LogP contribution in [0.5, 0.6) is 0 Å². The Labute approximate surface area is 226 Å². The van der Waals surface area contributed by atoms with Gasteiger partial charge in [-0.2, -0.15) is 0 Å². The molecule has 4 aromatic carbocycles.